The molecule has 0 aromatic heterocycles. The van der Waals surface area contributed by atoms with Gasteiger partial charge in [-0.15, -0.1) is 11.8 Å². The Balaban J connectivity index is 1.53. The van der Waals surface area contributed by atoms with Crippen molar-refractivity contribution in [3.63, 3.8) is 0 Å². The van der Waals surface area contributed by atoms with Crippen molar-refractivity contribution in [3.05, 3.63) is 90.2 Å². The van der Waals surface area contributed by atoms with Gasteiger partial charge in [-0.2, -0.15) is 0 Å². The lowest BCUT2D eigenvalue weighted by Crippen LogP contribution is -2.19. The fraction of sp³-hybridized carbons (Fsp3) is 0.0500. The van der Waals surface area contributed by atoms with Crippen LogP contribution in [0.15, 0.2) is 83.8 Å². The summed E-state index contributed by atoms with van der Waals surface area (Å²) in [5, 5.41) is 5.54. The Labute approximate surface area is 150 Å². The summed E-state index contributed by atoms with van der Waals surface area (Å²) < 4.78 is 13.6. The molecule has 2 N–H and O–H groups in total. The zero-order valence-corrected chi connectivity index (χ0v) is 14.2. The molecule has 3 aromatic carbocycles. The van der Waals surface area contributed by atoms with Crippen LogP contribution in [0.3, 0.4) is 0 Å². The topological polar surface area (TPSA) is 41.1 Å². The lowest BCUT2D eigenvalue weighted by atomic mass is 10.2. The first kappa shape index (κ1) is 17.0. The van der Waals surface area contributed by atoms with E-state index in [9.17, 15) is 9.18 Å². The van der Waals surface area contributed by atoms with Crippen LogP contribution >= 0.6 is 11.8 Å². The minimum Gasteiger partial charge on any atom is -0.308 e. The summed E-state index contributed by atoms with van der Waals surface area (Å²) in [6.45, 7) is 0. The third-order valence-electron chi connectivity index (χ3n) is 3.50. The highest BCUT2D eigenvalue weighted by Crippen LogP contribution is 2.25. The zero-order chi connectivity index (χ0) is 17.5. The van der Waals surface area contributed by atoms with Crippen molar-refractivity contribution < 1.29 is 9.18 Å². The summed E-state index contributed by atoms with van der Waals surface area (Å²) in [5.74, 6) is 0.374. The van der Waals surface area contributed by atoms with Crippen LogP contribution in [0.4, 0.5) is 20.6 Å². The van der Waals surface area contributed by atoms with Gasteiger partial charge < -0.3 is 10.6 Å². The lowest BCUT2D eigenvalue weighted by molar-refractivity contribution is 0.262. The smallest absolute Gasteiger partial charge is 0.308 e. The van der Waals surface area contributed by atoms with Crippen LogP contribution in [0.25, 0.3) is 0 Å². The highest BCUT2D eigenvalue weighted by atomic mass is 32.2. The van der Waals surface area contributed by atoms with Gasteiger partial charge in [0.1, 0.15) is 5.82 Å². The molecule has 0 saturated heterocycles. The predicted octanol–water partition coefficient (Wildman–Crippen LogP) is 5.76. The number of halogens is 1. The second-order valence-electron chi connectivity index (χ2n) is 5.35. The van der Waals surface area contributed by atoms with Gasteiger partial charge in [0.15, 0.2) is 0 Å². The van der Waals surface area contributed by atoms with Gasteiger partial charge in [-0.3, -0.25) is 0 Å². The van der Waals surface area contributed by atoms with E-state index in [4.69, 9.17) is 0 Å². The molecular formula is C20H17FN2OS. The molecular weight excluding hydrogens is 335 g/mol. The second-order valence-corrected chi connectivity index (χ2v) is 6.40. The van der Waals surface area contributed by atoms with Gasteiger partial charge >= 0.3 is 6.03 Å². The molecule has 0 bridgehead atoms. The van der Waals surface area contributed by atoms with Crippen molar-refractivity contribution in [2.75, 3.05) is 10.6 Å². The summed E-state index contributed by atoms with van der Waals surface area (Å²) in [5.41, 5.74) is 2.11. The maximum absolute atomic E-state index is 13.6. The Bertz CT molecular complexity index is 838. The number of thioether (sulfide) groups is 1. The van der Waals surface area contributed by atoms with Crippen molar-refractivity contribution in [1.82, 2.24) is 0 Å². The molecule has 5 heteroatoms. The minimum absolute atomic E-state index is 0.189. The Kier molecular flexibility index (Phi) is 5.69. The van der Waals surface area contributed by atoms with Crippen LogP contribution in [0, 0.1) is 5.82 Å². The van der Waals surface area contributed by atoms with E-state index in [0.29, 0.717) is 17.0 Å². The Morgan fingerprint density at radius 1 is 0.800 bits per heavy atom. The molecule has 0 saturated carbocycles. The van der Waals surface area contributed by atoms with Gasteiger partial charge in [-0.05, 0) is 48.0 Å². The van der Waals surface area contributed by atoms with E-state index < -0.39 is 0 Å². The summed E-state index contributed by atoms with van der Waals surface area (Å²) in [7, 11) is 0. The number of hydrogen-bond acceptors (Lipinski definition) is 2. The molecule has 3 aromatic rings. The number of para-hydroxylation sites is 1. The average Bonchev–Trinajstić information content (AvgIpc) is 2.63. The molecule has 0 heterocycles. The number of anilines is 2. The third kappa shape index (κ3) is 5.09. The first-order valence-electron chi connectivity index (χ1n) is 7.80. The van der Waals surface area contributed by atoms with Gasteiger partial charge in [-0.25, -0.2) is 9.18 Å². The molecule has 0 radical (unpaired) electrons. The molecule has 0 fully saturated rings. The molecule has 2 amide bonds. The van der Waals surface area contributed by atoms with E-state index in [2.05, 4.69) is 10.6 Å². The first-order valence-corrected chi connectivity index (χ1v) is 8.78. The SMILES string of the molecule is O=C(Nc1ccccc1)Nc1ccc(SCc2ccccc2F)cc1. The van der Waals surface area contributed by atoms with Gasteiger partial charge in [0, 0.05) is 22.0 Å². The summed E-state index contributed by atoms with van der Waals surface area (Å²) in [6.07, 6.45) is 0. The number of carbonyl (C=O) groups is 1. The monoisotopic (exact) mass is 352 g/mol. The van der Waals surface area contributed by atoms with Crippen LogP contribution in [0.5, 0.6) is 0 Å². The number of carbonyl (C=O) groups excluding carboxylic acids is 1. The van der Waals surface area contributed by atoms with E-state index in [1.165, 1.54) is 6.07 Å². The van der Waals surface area contributed by atoms with E-state index >= 15 is 0 Å². The maximum atomic E-state index is 13.6. The first-order chi connectivity index (χ1) is 12.2. The van der Waals surface area contributed by atoms with Gasteiger partial charge in [0.05, 0.1) is 0 Å². The zero-order valence-electron chi connectivity index (χ0n) is 13.4. The predicted molar refractivity (Wildman–Crippen MR) is 101 cm³/mol. The van der Waals surface area contributed by atoms with Gasteiger partial charge in [-0.1, -0.05) is 36.4 Å². The largest absolute Gasteiger partial charge is 0.323 e. The average molecular weight is 352 g/mol. The molecule has 0 unspecified atom stereocenters. The molecule has 126 valence electrons. The van der Waals surface area contributed by atoms with Gasteiger partial charge in [0.25, 0.3) is 0 Å². The Morgan fingerprint density at radius 2 is 1.40 bits per heavy atom. The van der Waals surface area contributed by atoms with Crippen molar-refractivity contribution in [1.29, 1.82) is 0 Å². The van der Waals surface area contributed by atoms with E-state index in [1.807, 2.05) is 60.7 Å². The Morgan fingerprint density at radius 3 is 2.08 bits per heavy atom. The van der Waals surface area contributed by atoms with Crippen molar-refractivity contribution >= 4 is 29.2 Å². The lowest BCUT2D eigenvalue weighted by Gasteiger charge is -2.08. The van der Waals surface area contributed by atoms with Crippen molar-refractivity contribution in [2.24, 2.45) is 0 Å². The second kappa shape index (κ2) is 8.35. The molecule has 3 nitrogen and oxygen atoms in total. The molecule has 0 aliphatic rings. The standard InChI is InChI=1S/C20H17FN2OS/c21-19-9-5-4-6-15(19)14-25-18-12-10-17(11-13-18)23-20(24)22-16-7-2-1-3-8-16/h1-13H,14H2,(H2,22,23,24). The summed E-state index contributed by atoms with van der Waals surface area (Å²) in [4.78, 5) is 13.0. The molecule has 0 atom stereocenters. The highest BCUT2D eigenvalue weighted by Gasteiger charge is 2.04. The highest BCUT2D eigenvalue weighted by molar-refractivity contribution is 7.98. The van der Waals surface area contributed by atoms with Crippen LogP contribution in [0.1, 0.15) is 5.56 Å². The van der Waals surface area contributed by atoms with Crippen molar-refractivity contribution in [3.8, 4) is 0 Å². The third-order valence-corrected chi connectivity index (χ3v) is 4.56. The van der Waals surface area contributed by atoms with Crippen LogP contribution in [-0.2, 0) is 5.75 Å². The fourth-order valence-electron chi connectivity index (χ4n) is 2.23. The van der Waals surface area contributed by atoms with Crippen LogP contribution < -0.4 is 10.6 Å². The van der Waals surface area contributed by atoms with E-state index in [0.717, 1.165) is 10.6 Å². The van der Waals surface area contributed by atoms with E-state index in [1.54, 1.807) is 23.9 Å². The number of rotatable bonds is 5. The van der Waals surface area contributed by atoms with Crippen LogP contribution in [-0.4, -0.2) is 6.03 Å². The quantitative estimate of drug-likeness (QED) is 0.573. The maximum Gasteiger partial charge on any atom is 0.323 e. The van der Waals surface area contributed by atoms with Gasteiger partial charge in [0.2, 0.25) is 0 Å². The summed E-state index contributed by atoms with van der Waals surface area (Å²) >= 11 is 1.55. The number of nitrogens with one attached hydrogen (secondary N) is 2. The molecule has 25 heavy (non-hydrogen) atoms. The normalized spacial score (nSPS) is 10.3. The minimum atomic E-state index is -0.294. The number of hydrogen-bond donors (Lipinski definition) is 2. The fourth-order valence-corrected chi connectivity index (χ4v) is 3.11. The van der Waals surface area contributed by atoms with Crippen LogP contribution in [0.2, 0.25) is 0 Å². The summed E-state index contributed by atoms with van der Waals surface area (Å²) in [6, 6.07) is 23.2. The van der Waals surface area contributed by atoms with Crippen molar-refractivity contribution in [2.45, 2.75) is 10.6 Å². The molecule has 3 rings (SSSR count). The molecule has 0 spiro atoms. The molecule has 0 aliphatic carbocycles. The van der Waals surface area contributed by atoms with E-state index in [-0.39, 0.29) is 11.8 Å². The number of amides is 2. The number of urea groups is 1. The molecule has 0 aliphatic heterocycles. The number of benzene rings is 3. The Hall–Kier alpha value is -2.79.